The van der Waals surface area contributed by atoms with Gasteiger partial charge in [0.15, 0.2) is 0 Å². The third-order valence-corrected chi connectivity index (χ3v) is 4.78. The van der Waals surface area contributed by atoms with Crippen LogP contribution in [0.15, 0.2) is 78.5 Å². The Morgan fingerprint density at radius 2 is 1.62 bits per heavy atom. The van der Waals surface area contributed by atoms with Crippen molar-refractivity contribution in [3.05, 3.63) is 78.5 Å². The van der Waals surface area contributed by atoms with E-state index in [2.05, 4.69) is 59.2 Å². The highest BCUT2D eigenvalue weighted by molar-refractivity contribution is 6.21. The van der Waals surface area contributed by atoms with E-state index in [0.717, 1.165) is 16.7 Å². The summed E-state index contributed by atoms with van der Waals surface area (Å²) in [7, 11) is 0. The van der Waals surface area contributed by atoms with Crippen molar-refractivity contribution in [1.82, 2.24) is 4.57 Å². The van der Waals surface area contributed by atoms with E-state index in [4.69, 9.17) is 16.9 Å². The molecule has 4 heteroatoms. The molecule has 26 heavy (non-hydrogen) atoms. The number of nitrogens with one attached hydrogen (secondary N) is 1. The minimum Gasteiger partial charge on any atom is -0.403 e. The summed E-state index contributed by atoms with van der Waals surface area (Å²) in [5.41, 5.74) is 15.2. The van der Waals surface area contributed by atoms with E-state index in [0.29, 0.717) is 5.57 Å². The predicted molar refractivity (Wildman–Crippen MR) is 111 cm³/mol. The minimum absolute atomic E-state index is 0.0376. The summed E-state index contributed by atoms with van der Waals surface area (Å²) in [5.74, 6) is 0.0376. The molecule has 0 saturated carbocycles. The lowest BCUT2D eigenvalue weighted by Crippen LogP contribution is -2.11. The second-order valence-electron chi connectivity index (χ2n) is 6.37. The Balaban J connectivity index is 2.17. The lowest BCUT2D eigenvalue weighted by Gasteiger charge is -2.10. The zero-order chi connectivity index (χ0) is 18.3. The van der Waals surface area contributed by atoms with Gasteiger partial charge in [0.2, 0.25) is 0 Å². The third-order valence-electron chi connectivity index (χ3n) is 4.78. The van der Waals surface area contributed by atoms with E-state index in [1.54, 1.807) is 6.20 Å². The Kier molecular flexibility index (Phi) is 3.73. The van der Waals surface area contributed by atoms with Crippen LogP contribution in [0, 0.1) is 5.41 Å². The summed E-state index contributed by atoms with van der Waals surface area (Å²) >= 11 is 0. The summed E-state index contributed by atoms with van der Waals surface area (Å²) in [6.07, 6.45) is 3.41. The Bertz CT molecular complexity index is 1230. The van der Waals surface area contributed by atoms with Gasteiger partial charge in [0.05, 0.1) is 16.7 Å². The van der Waals surface area contributed by atoms with Crippen molar-refractivity contribution in [3.63, 3.8) is 0 Å². The number of fused-ring (bicyclic) bond motifs is 5. The number of nitrogens with zero attached hydrogens (tertiary/aromatic N) is 1. The average Bonchev–Trinajstić information content (AvgIpc) is 3.00. The molecule has 0 saturated heterocycles. The molecule has 0 bridgehead atoms. The van der Waals surface area contributed by atoms with E-state index >= 15 is 0 Å². The van der Waals surface area contributed by atoms with Crippen LogP contribution in [0.3, 0.4) is 0 Å². The summed E-state index contributed by atoms with van der Waals surface area (Å²) in [4.78, 5) is 0. The molecule has 4 aromatic rings. The van der Waals surface area contributed by atoms with Gasteiger partial charge in [-0.05, 0) is 41.5 Å². The fraction of sp³-hybridized carbons (Fsp3) is 0.0455. The van der Waals surface area contributed by atoms with Crippen LogP contribution in [0.1, 0.15) is 6.92 Å². The Morgan fingerprint density at radius 1 is 0.923 bits per heavy atom. The Hall–Kier alpha value is -3.53. The number of para-hydroxylation sites is 1. The molecule has 4 nitrogen and oxygen atoms in total. The average molecular weight is 340 g/mol. The van der Waals surface area contributed by atoms with Crippen molar-refractivity contribution < 1.29 is 0 Å². The predicted octanol–water partition coefficient (Wildman–Crippen LogP) is 4.59. The first kappa shape index (κ1) is 16.0. The quantitative estimate of drug-likeness (QED) is 0.290. The molecule has 4 rings (SSSR count). The highest BCUT2D eigenvalue weighted by Crippen LogP contribution is 2.36. The second kappa shape index (κ2) is 6.08. The Morgan fingerprint density at radius 3 is 2.35 bits per heavy atom. The number of allylic oxidation sites excluding steroid dienone is 2. The van der Waals surface area contributed by atoms with Crippen LogP contribution < -0.4 is 11.5 Å². The standard InChI is InChI=1S/C22H20N4/c1-14(22(24)25)12-16(13-23)26-19-9-5-4-8-18(19)21-17-7-3-2-6-15(17)10-11-20(21)26/h2-13H,23H2,1H3,(H3,24,25)/b14-12+,16-13+. The molecule has 5 N–H and O–H groups in total. The van der Waals surface area contributed by atoms with E-state index in [-0.39, 0.29) is 5.84 Å². The van der Waals surface area contributed by atoms with Gasteiger partial charge in [-0.3, -0.25) is 5.41 Å². The maximum Gasteiger partial charge on any atom is 0.118 e. The number of benzene rings is 3. The third kappa shape index (κ3) is 2.35. The van der Waals surface area contributed by atoms with Gasteiger partial charge in [-0.2, -0.15) is 0 Å². The molecule has 1 heterocycles. The maximum absolute atomic E-state index is 7.66. The van der Waals surface area contributed by atoms with Crippen LogP contribution in [0.25, 0.3) is 38.3 Å². The van der Waals surface area contributed by atoms with Crippen LogP contribution in [-0.4, -0.2) is 10.4 Å². The van der Waals surface area contributed by atoms with Crippen molar-refractivity contribution in [2.45, 2.75) is 6.92 Å². The molecule has 0 amide bonds. The van der Waals surface area contributed by atoms with Gasteiger partial charge < -0.3 is 16.0 Å². The lowest BCUT2D eigenvalue weighted by atomic mass is 10.0. The highest BCUT2D eigenvalue weighted by Gasteiger charge is 2.14. The summed E-state index contributed by atoms with van der Waals surface area (Å²) in [6.45, 7) is 1.81. The molecular weight excluding hydrogens is 320 g/mol. The maximum atomic E-state index is 7.66. The number of nitrogens with two attached hydrogens (primary N) is 2. The molecule has 0 aliphatic carbocycles. The van der Waals surface area contributed by atoms with Crippen LogP contribution in [0.4, 0.5) is 0 Å². The van der Waals surface area contributed by atoms with E-state index in [1.165, 1.54) is 21.5 Å². The van der Waals surface area contributed by atoms with Crippen LogP contribution in [-0.2, 0) is 0 Å². The topological polar surface area (TPSA) is 80.8 Å². The number of rotatable bonds is 3. The zero-order valence-corrected chi connectivity index (χ0v) is 14.5. The fourth-order valence-corrected chi connectivity index (χ4v) is 3.50. The van der Waals surface area contributed by atoms with Gasteiger partial charge in [0.1, 0.15) is 5.84 Å². The van der Waals surface area contributed by atoms with Crippen LogP contribution in [0.5, 0.6) is 0 Å². The molecule has 1 aromatic heterocycles. The molecule has 0 radical (unpaired) electrons. The fourth-order valence-electron chi connectivity index (χ4n) is 3.50. The van der Waals surface area contributed by atoms with Crippen LogP contribution >= 0.6 is 0 Å². The summed E-state index contributed by atoms with van der Waals surface area (Å²) in [6, 6.07) is 20.9. The van der Waals surface area contributed by atoms with Crippen molar-refractivity contribution in [2.24, 2.45) is 11.5 Å². The molecule has 0 fully saturated rings. The van der Waals surface area contributed by atoms with Gasteiger partial charge in [-0.25, -0.2) is 0 Å². The van der Waals surface area contributed by atoms with Gasteiger partial charge in [0, 0.05) is 17.0 Å². The molecule has 3 aromatic carbocycles. The largest absolute Gasteiger partial charge is 0.403 e. The molecule has 0 aliphatic heterocycles. The molecule has 0 atom stereocenters. The van der Waals surface area contributed by atoms with Crippen molar-refractivity contribution >= 4 is 44.1 Å². The van der Waals surface area contributed by atoms with Gasteiger partial charge in [0.25, 0.3) is 0 Å². The van der Waals surface area contributed by atoms with Crippen molar-refractivity contribution in [2.75, 3.05) is 0 Å². The summed E-state index contributed by atoms with van der Waals surface area (Å²) < 4.78 is 2.13. The lowest BCUT2D eigenvalue weighted by molar-refractivity contribution is 1.22. The molecule has 0 unspecified atom stereocenters. The first-order valence-corrected chi connectivity index (χ1v) is 8.47. The van der Waals surface area contributed by atoms with E-state index < -0.39 is 0 Å². The SMILES string of the molecule is C/C(=C\C(=C/N)n1c2ccccc2c2c3ccccc3ccc21)C(=N)N. The smallest absolute Gasteiger partial charge is 0.118 e. The molecule has 0 aliphatic rings. The minimum atomic E-state index is 0.0376. The summed E-state index contributed by atoms with van der Waals surface area (Å²) in [5, 5.41) is 12.5. The second-order valence-corrected chi connectivity index (χ2v) is 6.37. The van der Waals surface area contributed by atoms with E-state index in [1.807, 2.05) is 19.1 Å². The molecule has 128 valence electrons. The molecular formula is C22H20N4. The number of amidine groups is 1. The van der Waals surface area contributed by atoms with Gasteiger partial charge >= 0.3 is 0 Å². The van der Waals surface area contributed by atoms with Crippen molar-refractivity contribution in [1.29, 1.82) is 5.41 Å². The zero-order valence-electron chi connectivity index (χ0n) is 14.5. The van der Waals surface area contributed by atoms with Crippen molar-refractivity contribution in [3.8, 4) is 0 Å². The highest BCUT2D eigenvalue weighted by atomic mass is 15.0. The van der Waals surface area contributed by atoms with E-state index in [9.17, 15) is 0 Å². The van der Waals surface area contributed by atoms with Gasteiger partial charge in [-0.1, -0.05) is 48.5 Å². The number of hydrogen-bond donors (Lipinski definition) is 3. The normalized spacial score (nSPS) is 13.0. The first-order valence-electron chi connectivity index (χ1n) is 8.47. The monoisotopic (exact) mass is 340 g/mol. The Labute approximate surface area is 151 Å². The number of aromatic nitrogens is 1. The number of hydrogen-bond acceptors (Lipinski definition) is 2. The van der Waals surface area contributed by atoms with Gasteiger partial charge in [-0.15, -0.1) is 0 Å². The first-order chi connectivity index (χ1) is 12.6. The molecule has 0 spiro atoms. The van der Waals surface area contributed by atoms with Crippen LogP contribution in [0.2, 0.25) is 0 Å².